The Hall–Kier alpha value is -1.76. The lowest BCUT2D eigenvalue weighted by molar-refractivity contribution is 0.324. The molecular formula is C13H17FN4OS. The van der Waals surface area contributed by atoms with Crippen LogP contribution in [0.1, 0.15) is 19.9 Å². The molecule has 108 valence electrons. The number of halogens is 1. The second-order valence-electron chi connectivity index (χ2n) is 4.43. The Morgan fingerprint density at radius 1 is 1.35 bits per heavy atom. The fourth-order valence-electron chi connectivity index (χ4n) is 1.72. The van der Waals surface area contributed by atoms with Gasteiger partial charge in [-0.2, -0.15) is 0 Å². The van der Waals surface area contributed by atoms with Gasteiger partial charge < -0.3 is 10.5 Å². The molecule has 7 heteroatoms. The number of para-hydroxylation sites is 1. The molecule has 0 fully saturated rings. The molecule has 0 unspecified atom stereocenters. The fourth-order valence-corrected chi connectivity index (χ4v) is 2.61. The van der Waals surface area contributed by atoms with Gasteiger partial charge >= 0.3 is 0 Å². The van der Waals surface area contributed by atoms with Gasteiger partial charge in [-0.05, 0) is 26.0 Å². The Morgan fingerprint density at radius 2 is 2.10 bits per heavy atom. The third-order valence-corrected chi connectivity index (χ3v) is 3.52. The number of benzene rings is 1. The molecule has 20 heavy (non-hydrogen) atoms. The van der Waals surface area contributed by atoms with Gasteiger partial charge in [0.15, 0.2) is 16.7 Å². The second kappa shape index (κ2) is 6.60. The van der Waals surface area contributed by atoms with E-state index in [-0.39, 0.29) is 17.6 Å². The first-order valence-electron chi connectivity index (χ1n) is 6.30. The minimum Gasteiger partial charge on any atom is -0.490 e. The lowest BCUT2D eigenvalue weighted by atomic mass is 10.3. The number of rotatable bonds is 6. The zero-order chi connectivity index (χ0) is 14.5. The first kappa shape index (κ1) is 14.6. The van der Waals surface area contributed by atoms with Gasteiger partial charge in [0.1, 0.15) is 0 Å². The highest BCUT2D eigenvalue weighted by Gasteiger charge is 2.12. The maximum atomic E-state index is 13.3. The van der Waals surface area contributed by atoms with Crippen molar-refractivity contribution < 1.29 is 9.13 Å². The number of nitrogens with zero attached hydrogens (tertiary/aromatic N) is 3. The van der Waals surface area contributed by atoms with Crippen molar-refractivity contribution in [2.24, 2.45) is 0 Å². The van der Waals surface area contributed by atoms with E-state index in [0.717, 1.165) is 5.16 Å². The van der Waals surface area contributed by atoms with Gasteiger partial charge in [-0.15, -0.1) is 10.2 Å². The minimum atomic E-state index is -0.355. The predicted molar refractivity (Wildman–Crippen MR) is 77.4 cm³/mol. The summed E-state index contributed by atoms with van der Waals surface area (Å²) in [4.78, 5) is 0. The average Bonchev–Trinajstić information content (AvgIpc) is 2.78. The lowest BCUT2D eigenvalue weighted by Crippen LogP contribution is -2.08. The number of thioether (sulfide) groups is 1. The van der Waals surface area contributed by atoms with E-state index in [4.69, 9.17) is 10.5 Å². The van der Waals surface area contributed by atoms with Gasteiger partial charge in [0, 0.05) is 11.8 Å². The molecule has 0 atom stereocenters. The molecule has 2 N–H and O–H groups in total. The van der Waals surface area contributed by atoms with E-state index in [1.165, 1.54) is 17.8 Å². The minimum absolute atomic E-state index is 0.194. The smallest absolute Gasteiger partial charge is 0.222 e. The summed E-state index contributed by atoms with van der Waals surface area (Å²) in [6.45, 7) is 4.41. The molecular weight excluding hydrogens is 279 g/mol. The van der Waals surface area contributed by atoms with Gasteiger partial charge in [0.05, 0.1) is 6.61 Å². The zero-order valence-corrected chi connectivity index (χ0v) is 12.2. The third kappa shape index (κ3) is 3.41. The Labute approximate surface area is 121 Å². The van der Waals surface area contributed by atoms with Crippen LogP contribution >= 0.6 is 11.8 Å². The van der Waals surface area contributed by atoms with Crippen LogP contribution < -0.4 is 10.5 Å². The number of nitrogen functional groups attached to an aromatic ring is 1. The van der Waals surface area contributed by atoms with E-state index < -0.39 is 0 Å². The molecule has 0 aliphatic rings. The largest absolute Gasteiger partial charge is 0.490 e. The van der Waals surface area contributed by atoms with E-state index in [0.29, 0.717) is 18.3 Å². The van der Waals surface area contributed by atoms with E-state index >= 15 is 0 Å². The first-order chi connectivity index (χ1) is 9.59. The van der Waals surface area contributed by atoms with Crippen LogP contribution in [0.3, 0.4) is 0 Å². The highest BCUT2D eigenvalue weighted by Crippen LogP contribution is 2.23. The summed E-state index contributed by atoms with van der Waals surface area (Å²) in [6, 6.07) is 6.54. The summed E-state index contributed by atoms with van der Waals surface area (Å²) < 4.78 is 20.6. The summed E-state index contributed by atoms with van der Waals surface area (Å²) in [5.74, 6) is 0.946. The van der Waals surface area contributed by atoms with E-state index in [9.17, 15) is 4.39 Å². The zero-order valence-electron chi connectivity index (χ0n) is 11.4. The molecule has 0 saturated heterocycles. The van der Waals surface area contributed by atoms with E-state index in [1.54, 1.807) is 18.2 Å². The highest BCUT2D eigenvalue weighted by atomic mass is 32.2. The number of nitrogens with two attached hydrogens (primary N) is 1. The Balaban J connectivity index is 1.86. The van der Waals surface area contributed by atoms with E-state index in [2.05, 4.69) is 10.2 Å². The normalized spacial score (nSPS) is 11.0. The predicted octanol–water partition coefficient (Wildman–Crippen LogP) is 2.75. The molecule has 0 spiro atoms. The van der Waals surface area contributed by atoms with Crippen molar-refractivity contribution in [2.75, 3.05) is 18.1 Å². The van der Waals surface area contributed by atoms with Gasteiger partial charge in [-0.3, -0.25) is 4.57 Å². The van der Waals surface area contributed by atoms with Crippen LogP contribution in [0.5, 0.6) is 5.75 Å². The van der Waals surface area contributed by atoms with Crippen LogP contribution in [-0.4, -0.2) is 27.1 Å². The molecule has 2 aromatic rings. The number of hydrogen-bond donors (Lipinski definition) is 1. The fraction of sp³-hybridized carbons (Fsp3) is 0.385. The average molecular weight is 296 g/mol. The Bertz CT molecular complexity index is 573. The molecule has 2 rings (SSSR count). The summed E-state index contributed by atoms with van der Waals surface area (Å²) in [6.07, 6.45) is 0. The molecule has 1 aromatic carbocycles. The topological polar surface area (TPSA) is 66.0 Å². The van der Waals surface area contributed by atoms with Crippen molar-refractivity contribution in [1.82, 2.24) is 14.8 Å². The van der Waals surface area contributed by atoms with Gasteiger partial charge in [0.2, 0.25) is 5.95 Å². The molecule has 1 heterocycles. The van der Waals surface area contributed by atoms with Gasteiger partial charge in [-0.25, -0.2) is 4.39 Å². The van der Waals surface area contributed by atoms with Gasteiger partial charge in [0.25, 0.3) is 0 Å². The maximum Gasteiger partial charge on any atom is 0.222 e. The molecule has 0 aliphatic carbocycles. The quantitative estimate of drug-likeness (QED) is 0.656. The van der Waals surface area contributed by atoms with Crippen LogP contribution in [0, 0.1) is 5.82 Å². The maximum absolute atomic E-state index is 13.3. The van der Waals surface area contributed by atoms with Crippen LogP contribution in [0.2, 0.25) is 0 Å². The van der Waals surface area contributed by atoms with Crippen molar-refractivity contribution in [3.8, 4) is 5.75 Å². The summed E-state index contributed by atoms with van der Waals surface area (Å²) >= 11 is 1.48. The second-order valence-corrected chi connectivity index (χ2v) is 5.49. The number of aromatic nitrogens is 3. The van der Waals surface area contributed by atoms with Crippen LogP contribution in [-0.2, 0) is 0 Å². The summed E-state index contributed by atoms with van der Waals surface area (Å²) in [5.41, 5.74) is 5.75. The Kier molecular flexibility index (Phi) is 4.84. The van der Waals surface area contributed by atoms with Crippen molar-refractivity contribution in [3.05, 3.63) is 30.1 Å². The van der Waals surface area contributed by atoms with Crippen molar-refractivity contribution in [2.45, 2.75) is 25.0 Å². The standard InChI is InChI=1S/C13H17FN4OS/c1-9(2)18-12(15)16-17-13(18)20-8-7-19-11-6-4-3-5-10(11)14/h3-6,9H,7-8H2,1-2H3,(H2,15,16). The van der Waals surface area contributed by atoms with Crippen molar-refractivity contribution in [1.29, 1.82) is 0 Å². The first-order valence-corrected chi connectivity index (χ1v) is 7.28. The highest BCUT2D eigenvalue weighted by molar-refractivity contribution is 7.99. The molecule has 1 aromatic heterocycles. The van der Waals surface area contributed by atoms with Gasteiger partial charge in [-0.1, -0.05) is 23.9 Å². The van der Waals surface area contributed by atoms with Crippen molar-refractivity contribution >= 4 is 17.7 Å². The molecule has 0 saturated carbocycles. The SMILES string of the molecule is CC(C)n1c(N)nnc1SCCOc1ccccc1F. The van der Waals surface area contributed by atoms with Crippen LogP contribution in [0.25, 0.3) is 0 Å². The molecule has 0 amide bonds. The number of hydrogen-bond acceptors (Lipinski definition) is 5. The van der Waals surface area contributed by atoms with Crippen molar-refractivity contribution in [3.63, 3.8) is 0 Å². The molecule has 0 aliphatic heterocycles. The summed E-state index contributed by atoms with van der Waals surface area (Å²) in [5, 5.41) is 8.62. The third-order valence-electron chi connectivity index (χ3n) is 2.62. The Morgan fingerprint density at radius 3 is 2.80 bits per heavy atom. The number of anilines is 1. The molecule has 0 radical (unpaired) electrons. The van der Waals surface area contributed by atoms with Crippen LogP contribution in [0.4, 0.5) is 10.3 Å². The number of ether oxygens (including phenoxy) is 1. The monoisotopic (exact) mass is 296 g/mol. The lowest BCUT2D eigenvalue weighted by Gasteiger charge is -2.11. The summed E-state index contributed by atoms with van der Waals surface area (Å²) in [7, 11) is 0. The van der Waals surface area contributed by atoms with Crippen LogP contribution in [0.15, 0.2) is 29.4 Å². The molecule has 0 bridgehead atoms. The molecule has 5 nitrogen and oxygen atoms in total. The van der Waals surface area contributed by atoms with E-state index in [1.807, 2.05) is 18.4 Å².